The van der Waals surface area contributed by atoms with Gasteiger partial charge in [0, 0.05) is 0 Å². The van der Waals surface area contributed by atoms with E-state index in [1.165, 1.54) is 89.6 Å². The first kappa shape index (κ1) is 36.9. The van der Waals surface area contributed by atoms with E-state index in [-0.39, 0.29) is 10.8 Å². The van der Waals surface area contributed by atoms with Crippen LogP contribution in [0.15, 0.2) is 97.1 Å². The zero-order valence-electron chi connectivity index (χ0n) is 32.8. The van der Waals surface area contributed by atoms with Gasteiger partial charge in [-0.3, -0.25) is 0 Å². The number of allylic oxidation sites excluding steroid dienone is 4. The van der Waals surface area contributed by atoms with Crippen molar-refractivity contribution >= 4 is 4.21 Å². The van der Waals surface area contributed by atoms with Crippen molar-refractivity contribution in [3.8, 4) is 33.4 Å². The van der Waals surface area contributed by atoms with Crippen LogP contribution in [0.5, 0.6) is 0 Å². The molecule has 0 spiro atoms. The SMILES string of the molecule is [CH2]=[Zr]([CH2]CCC)([CH2]CCC)([CH]1C=CC=C1)[CH]1c2cc(-c3ccc(C)cc3)c(C(C)(C)C)cc2-c2cc(C(C)(C)C)c(-c3ccc(C)cc3)cc21. The van der Waals surface area contributed by atoms with Crippen LogP contribution in [-0.2, 0) is 29.1 Å². The van der Waals surface area contributed by atoms with Gasteiger partial charge in [0.25, 0.3) is 0 Å². The average Bonchev–Trinajstić information content (AvgIpc) is 3.73. The van der Waals surface area contributed by atoms with Gasteiger partial charge in [0.15, 0.2) is 0 Å². The molecule has 0 radical (unpaired) electrons. The molecule has 6 rings (SSSR count). The Hall–Kier alpha value is -2.89. The van der Waals surface area contributed by atoms with Crippen LogP contribution in [-0.4, -0.2) is 4.21 Å². The molecule has 0 atom stereocenters. The number of hydrogen-bond donors (Lipinski definition) is 0. The Morgan fingerprint density at radius 2 is 0.940 bits per heavy atom. The van der Waals surface area contributed by atoms with Crippen molar-refractivity contribution < 1.29 is 18.3 Å². The molecule has 0 heterocycles. The number of hydrogen-bond acceptors (Lipinski definition) is 0. The third kappa shape index (κ3) is 6.51. The van der Waals surface area contributed by atoms with Crippen molar-refractivity contribution in [1.29, 1.82) is 0 Å². The molecule has 0 fully saturated rings. The number of benzene rings is 4. The van der Waals surface area contributed by atoms with E-state index in [0.29, 0.717) is 7.25 Å². The number of unbranched alkanes of at least 4 members (excludes halogenated alkanes) is 2. The molecule has 50 heavy (non-hydrogen) atoms. The van der Waals surface area contributed by atoms with Crippen LogP contribution in [0.4, 0.5) is 0 Å². The molecule has 2 aliphatic carbocycles. The summed E-state index contributed by atoms with van der Waals surface area (Å²) in [4.78, 5) is 0. The number of aryl methyl sites for hydroxylation is 2. The van der Waals surface area contributed by atoms with Gasteiger partial charge in [0.05, 0.1) is 0 Å². The first-order chi connectivity index (χ1) is 23.6. The third-order valence-electron chi connectivity index (χ3n) is 12.4. The molecule has 0 N–H and O–H groups in total. The van der Waals surface area contributed by atoms with Crippen LogP contribution in [0.1, 0.15) is 118 Å². The van der Waals surface area contributed by atoms with Crippen LogP contribution in [0.25, 0.3) is 33.4 Å². The molecule has 4 aromatic rings. The summed E-state index contributed by atoms with van der Waals surface area (Å²) in [6.07, 6.45) is 14.7. The summed E-state index contributed by atoms with van der Waals surface area (Å²) in [6.45, 7) is 23.5. The monoisotopic (exact) mass is 740 g/mol. The van der Waals surface area contributed by atoms with Gasteiger partial charge in [-0.05, 0) is 0 Å². The predicted molar refractivity (Wildman–Crippen MR) is 220 cm³/mol. The third-order valence-corrected chi connectivity index (χ3v) is 31.2. The number of fused-ring (bicyclic) bond motifs is 3. The fourth-order valence-electron chi connectivity index (χ4n) is 9.52. The summed E-state index contributed by atoms with van der Waals surface area (Å²) >= 11 is -4.12. The van der Waals surface area contributed by atoms with E-state index in [1.54, 1.807) is 11.1 Å². The summed E-state index contributed by atoms with van der Waals surface area (Å²) in [5.41, 5.74) is 17.0. The van der Waals surface area contributed by atoms with E-state index in [2.05, 4.69) is 166 Å². The normalized spacial score (nSPS) is 15.2. The van der Waals surface area contributed by atoms with Gasteiger partial charge in [-0.2, -0.15) is 0 Å². The van der Waals surface area contributed by atoms with Crippen LogP contribution in [0, 0.1) is 13.8 Å². The molecular formula is C49H62Zr. The Morgan fingerprint density at radius 1 is 0.560 bits per heavy atom. The van der Waals surface area contributed by atoms with Crippen LogP contribution >= 0.6 is 0 Å². The van der Waals surface area contributed by atoms with Gasteiger partial charge in [-0.1, -0.05) is 0 Å². The van der Waals surface area contributed by atoms with E-state index < -0.39 is 18.3 Å². The van der Waals surface area contributed by atoms with Gasteiger partial charge < -0.3 is 0 Å². The molecule has 2 aliphatic rings. The van der Waals surface area contributed by atoms with E-state index in [4.69, 9.17) is 4.21 Å². The second-order valence-electron chi connectivity index (χ2n) is 18.3. The maximum atomic E-state index is 5.82. The van der Waals surface area contributed by atoms with Gasteiger partial charge in [-0.15, -0.1) is 0 Å². The molecule has 0 nitrogen and oxygen atoms in total. The van der Waals surface area contributed by atoms with Crippen molar-refractivity contribution in [2.75, 3.05) is 0 Å². The minimum absolute atomic E-state index is 0.00790. The fraction of sp³-hybridized carbons (Fsp3) is 0.408. The Morgan fingerprint density at radius 3 is 1.28 bits per heavy atom. The zero-order valence-corrected chi connectivity index (χ0v) is 35.3. The fourth-order valence-corrected chi connectivity index (χ4v) is 28.7. The topological polar surface area (TPSA) is 0 Å². The first-order valence-electron chi connectivity index (χ1n) is 19.5. The van der Waals surface area contributed by atoms with E-state index >= 15 is 0 Å². The summed E-state index contributed by atoms with van der Waals surface area (Å²) in [6, 6.07) is 29.1. The molecule has 0 amide bonds. The molecule has 0 bridgehead atoms. The van der Waals surface area contributed by atoms with Gasteiger partial charge in [0.2, 0.25) is 0 Å². The van der Waals surface area contributed by atoms with Crippen LogP contribution < -0.4 is 0 Å². The quantitative estimate of drug-likeness (QED) is 0.152. The molecule has 0 saturated carbocycles. The van der Waals surface area contributed by atoms with Crippen molar-refractivity contribution in [1.82, 2.24) is 0 Å². The van der Waals surface area contributed by atoms with Gasteiger partial charge in [0.1, 0.15) is 0 Å². The van der Waals surface area contributed by atoms with Crippen LogP contribution in [0.2, 0.25) is 11.9 Å². The first-order valence-corrected chi connectivity index (χ1v) is 27.6. The van der Waals surface area contributed by atoms with Crippen molar-refractivity contribution in [2.24, 2.45) is 0 Å². The summed E-state index contributed by atoms with van der Waals surface area (Å²) in [5.74, 6) is 0. The molecule has 1 heteroatoms. The number of rotatable bonds is 10. The Bertz CT molecular complexity index is 1860. The van der Waals surface area contributed by atoms with Crippen molar-refractivity contribution in [2.45, 2.75) is 121 Å². The van der Waals surface area contributed by atoms with E-state index in [0.717, 1.165) is 0 Å². The molecule has 262 valence electrons. The molecule has 0 unspecified atom stereocenters. The van der Waals surface area contributed by atoms with Crippen LogP contribution in [0.3, 0.4) is 0 Å². The zero-order chi connectivity index (χ0) is 36.1. The van der Waals surface area contributed by atoms with Crippen molar-refractivity contribution in [3.05, 3.63) is 130 Å². The maximum absolute atomic E-state index is 5.82. The molecular weight excluding hydrogens is 680 g/mol. The van der Waals surface area contributed by atoms with Gasteiger partial charge >= 0.3 is 308 Å². The summed E-state index contributed by atoms with van der Waals surface area (Å²) < 4.78 is 9.22. The average molecular weight is 742 g/mol. The Labute approximate surface area is 305 Å². The second-order valence-corrected chi connectivity index (χ2v) is 34.3. The summed E-state index contributed by atoms with van der Waals surface area (Å²) in [7, 11) is 0. The van der Waals surface area contributed by atoms with E-state index in [1.807, 2.05) is 0 Å². The molecule has 4 aromatic carbocycles. The Kier molecular flexibility index (Phi) is 10.0. The molecule has 0 aromatic heterocycles. The summed E-state index contributed by atoms with van der Waals surface area (Å²) in [5, 5.41) is 0. The second kappa shape index (κ2) is 13.6. The van der Waals surface area contributed by atoms with Crippen molar-refractivity contribution in [3.63, 3.8) is 0 Å². The minimum atomic E-state index is -4.12. The predicted octanol–water partition coefficient (Wildman–Crippen LogP) is 14.8. The van der Waals surface area contributed by atoms with E-state index in [9.17, 15) is 0 Å². The molecule has 0 saturated heterocycles. The standard InChI is InChI=1S/C35H37.C5H5.2C4H9.CH2.Zr/c1-22-9-13-24(14-10-22)30-18-26-17-27-19-31(25-15-11-23(2)12-16-25)33(35(6,7)8)21-29(27)28(26)20-32(30)34(3,4)5;1-2-4-5-3-1;2*1-3-4-2;;/h9-21H,1-8H3;1-5H;2*1,3-4H2,2H3;1H2;. The van der Waals surface area contributed by atoms with Gasteiger partial charge in [-0.25, -0.2) is 0 Å². The molecule has 0 aliphatic heterocycles. The Balaban J connectivity index is 1.78.